The van der Waals surface area contributed by atoms with Gasteiger partial charge in [-0.15, -0.1) is 0 Å². The van der Waals surface area contributed by atoms with Gasteiger partial charge in [0.05, 0.1) is 27.9 Å². The molecule has 0 amide bonds. The molecule has 2 aromatic heterocycles. The summed E-state index contributed by atoms with van der Waals surface area (Å²) in [5.41, 5.74) is 0.810. The number of nitrogens with zero attached hydrogens (tertiary/aromatic N) is 8. The summed E-state index contributed by atoms with van der Waals surface area (Å²) in [5.74, 6) is -1.70. The number of benzene rings is 4. The molecular formula is C33H28F2N8O5. The lowest BCUT2D eigenvalue weighted by Crippen LogP contribution is -2.40. The summed E-state index contributed by atoms with van der Waals surface area (Å²) in [4.78, 5) is 27.3. The summed E-state index contributed by atoms with van der Waals surface area (Å²) in [6.45, 7) is 2.18. The number of aliphatic hydroxyl groups is 1. The van der Waals surface area contributed by atoms with Gasteiger partial charge in [-0.05, 0) is 42.3 Å². The van der Waals surface area contributed by atoms with Gasteiger partial charge in [-0.3, -0.25) is 24.9 Å². The van der Waals surface area contributed by atoms with Gasteiger partial charge in [0.2, 0.25) is 0 Å². The van der Waals surface area contributed by atoms with Crippen LogP contribution in [0.25, 0.3) is 10.9 Å². The zero-order valence-corrected chi connectivity index (χ0v) is 25.4. The molecule has 0 fully saturated rings. The summed E-state index contributed by atoms with van der Waals surface area (Å²) in [6, 6.07) is 20.1. The quantitative estimate of drug-likeness (QED) is 0.122. The van der Waals surface area contributed by atoms with Crippen molar-refractivity contribution in [1.29, 1.82) is 0 Å². The molecule has 0 aliphatic heterocycles. The summed E-state index contributed by atoms with van der Waals surface area (Å²) < 4.78 is 31.8. The van der Waals surface area contributed by atoms with Crippen LogP contribution in [0.1, 0.15) is 29.7 Å². The first-order chi connectivity index (χ1) is 23.0. The van der Waals surface area contributed by atoms with E-state index in [1.54, 1.807) is 43.5 Å². The monoisotopic (exact) mass is 654 g/mol. The fraction of sp³-hybridized carbons (Fsp3) is 0.182. The number of non-ortho nitro benzene ring substituents is 2. The largest absolute Gasteiger partial charge is 0.381 e. The van der Waals surface area contributed by atoms with Crippen molar-refractivity contribution < 1.29 is 23.7 Å². The van der Waals surface area contributed by atoms with E-state index in [-0.39, 0.29) is 23.5 Å². The van der Waals surface area contributed by atoms with E-state index in [1.807, 2.05) is 17.0 Å². The zero-order chi connectivity index (χ0) is 34.0. The van der Waals surface area contributed by atoms with Crippen LogP contribution in [-0.4, -0.2) is 39.5 Å². The second-order valence-corrected chi connectivity index (χ2v) is 11.4. The maximum absolute atomic E-state index is 15.1. The highest BCUT2D eigenvalue weighted by Gasteiger charge is 2.41. The minimum absolute atomic E-state index is 0.0343. The Hall–Kier alpha value is -6.09. The predicted octanol–water partition coefficient (Wildman–Crippen LogP) is 6.08. The Balaban J connectivity index is 1.35. The number of hydrogen-bond donors (Lipinski definition) is 1. The van der Waals surface area contributed by atoms with E-state index in [1.165, 1.54) is 52.4 Å². The summed E-state index contributed by atoms with van der Waals surface area (Å²) in [6.07, 6.45) is 4.39. The van der Waals surface area contributed by atoms with Crippen molar-refractivity contribution in [3.8, 4) is 0 Å². The molecule has 0 aliphatic rings. The second-order valence-electron chi connectivity index (χ2n) is 11.4. The number of nitro groups is 2. The molecule has 1 N–H and O–H groups in total. The van der Waals surface area contributed by atoms with E-state index in [9.17, 15) is 29.7 Å². The number of hydrogen-bond acceptors (Lipinski definition) is 9. The van der Waals surface area contributed by atoms with Gasteiger partial charge in [-0.2, -0.15) is 10.2 Å². The molecular weight excluding hydrogens is 626 g/mol. The van der Waals surface area contributed by atoms with Crippen LogP contribution in [-0.2, 0) is 25.2 Å². The van der Waals surface area contributed by atoms with Crippen molar-refractivity contribution in [2.24, 2.45) is 0 Å². The van der Waals surface area contributed by atoms with Gasteiger partial charge >= 0.3 is 0 Å². The highest BCUT2D eigenvalue weighted by Crippen LogP contribution is 2.37. The number of anilines is 1. The van der Waals surface area contributed by atoms with Crippen molar-refractivity contribution in [2.45, 2.75) is 38.2 Å². The normalized spacial score (nSPS) is 13.2. The number of fused-ring (bicyclic) bond motifs is 1. The Morgan fingerprint density at radius 1 is 0.896 bits per heavy atom. The van der Waals surface area contributed by atoms with E-state index in [0.29, 0.717) is 30.1 Å². The van der Waals surface area contributed by atoms with E-state index in [2.05, 4.69) is 15.2 Å². The molecule has 6 aromatic rings. The molecule has 0 saturated carbocycles. The SMILES string of the molecule is C[C@@H](n1cc2cc(N(Cc3ccc([N+](=O)[O-])cc3)Cc3ccc([N+](=O)[O-])cc3)ccc2n1)[C@](O)(Cn1cncn1)c1ccc(F)cc1F. The molecule has 48 heavy (non-hydrogen) atoms. The Labute approximate surface area is 271 Å². The fourth-order valence-corrected chi connectivity index (χ4v) is 5.62. The molecule has 0 unspecified atom stereocenters. The molecule has 0 spiro atoms. The smallest absolute Gasteiger partial charge is 0.269 e. The van der Waals surface area contributed by atoms with E-state index in [0.717, 1.165) is 22.9 Å². The van der Waals surface area contributed by atoms with Gasteiger partial charge in [0.25, 0.3) is 11.4 Å². The fourth-order valence-electron chi connectivity index (χ4n) is 5.62. The summed E-state index contributed by atoms with van der Waals surface area (Å²) in [5, 5.41) is 43.8. The highest BCUT2D eigenvalue weighted by atomic mass is 19.1. The lowest BCUT2D eigenvalue weighted by Gasteiger charge is -2.34. The topological polar surface area (TPSA) is 158 Å². The van der Waals surface area contributed by atoms with Crippen molar-refractivity contribution >= 4 is 28.0 Å². The van der Waals surface area contributed by atoms with Crippen molar-refractivity contribution in [1.82, 2.24) is 24.5 Å². The Kier molecular flexibility index (Phi) is 8.61. The van der Waals surface area contributed by atoms with Gasteiger partial charge in [-0.25, -0.2) is 18.4 Å². The molecule has 6 rings (SSSR count). The molecule has 0 bridgehead atoms. The molecule has 2 atom stereocenters. The van der Waals surface area contributed by atoms with Crippen LogP contribution in [0.5, 0.6) is 0 Å². The van der Waals surface area contributed by atoms with E-state index >= 15 is 4.39 Å². The number of nitro benzene ring substituents is 2. The molecule has 0 aliphatic carbocycles. The van der Waals surface area contributed by atoms with Crippen molar-refractivity contribution in [3.05, 3.63) is 152 Å². The van der Waals surface area contributed by atoms with Gasteiger partial charge < -0.3 is 10.0 Å². The highest BCUT2D eigenvalue weighted by molar-refractivity contribution is 5.82. The minimum Gasteiger partial charge on any atom is -0.381 e. The predicted molar refractivity (Wildman–Crippen MR) is 171 cm³/mol. The lowest BCUT2D eigenvalue weighted by atomic mass is 9.86. The Bertz CT molecular complexity index is 2030. The van der Waals surface area contributed by atoms with Crippen LogP contribution >= 0.6 is 0 Å². The lowest BCUT2D eigenvalue weighted by molar-refractivity contribution is -0.385. The van der Waals surface area contributed by atoms with Gasteiger partial charge in [0.1, 0.15) is 29.9 Å². The molecule has 244 valence electrons. The van der Waals surface area contributed by atoms with Crippen LogP contribution in [0.4, 0.5) is 25.8 Å². The molecule has 4 aromatic carbocycles. The van der Waals surface area contributed by atoms with E-state index in [4.69, 9.17) is 0 Å². The van der Waals surface area contributed by atoms with Crippen LogP contribution in [0, 0.1) is 31.9 Å². The third kappa shape index (κ3) is 6.57. The number of halogens is 2. The third-order valence-corrected chi connectivity index (χ3v) is 8.27. The Morgan fingerprint density at radius 3 is 2.06 bits per heavy atom. The first-order valence-electron chi connectivity index (χ1n) is 14.7. The van der Waals surface area contributed by atoms with Crippen LogP contribution in [0.2, 0.25) is 0 Å². The van der Waals surface area contributed by atoms with Crippen LogP contribution < -0.4 is 4.90 Å². The van der Waals surface area contributed by atoms with Gasteiger partial charge in [-0.1, -0.05) is 30.3 Å². The maximum Gasteiger partial charge on any atom is 0.269 e. The van der Waals surface area contributed by atoms with Crippen molar-refractivity contribution in [2.75, 3.05) is 4.90 Å². The molecule has 2 heterocycles. The molecule has 0 radical (unpaired) electrons. The third-order valence-electron chi connectivity index (χ3n) is 8.27. The zero-order valence-electron chi connectivity index (χ0n) is 25.4. The molecule has 15 heteroatoms. The van der Waals surface area contributed by atoms with Crippen LogP contribution in [0.15, 0.2) is 104 Å². The minimum atomic E-state index is -1.92. The van der Waals surface area contributed by atoms with E-state index < -0.39 is 33.1 Å². The molecule has 13 nitrogen and oxygen atoms in total. The van der Waals surface area contributed by atoms with Gasteiger partial charge in [0.15, 0.2) is 0 Å². The first-order valence-corrected chi connectivity index (χ1v) is 14.7. The first kappa shape index (κ1) is 31.9. The van der Waals surface area contributed by atoms with Gasteiger partial charge in [0, 0.05) is 66.3 Å². The second kappa shape index (κ2) is 13.0. The number of rotatable bonds is 12. The van der Waals surface area contributed by atoms with Crippen LogP contribution in [0.3, 0.4) is 0 Å². The summed E-state index contributed by atoms with van der Waals surface area (Å²) >= 11 is 0. The molecule has 0 saturated heterocycles. The maximum atomic E-state index is 15.1. The Morgan fingerprint density at radius 2 is 1.52 bits per heavy atom. The average Bonchev–Trinajstić information content (AvgIpc) is 3.74. The average molecular weight is 655 g/mol. The number of aromatic nitrogens is 5. The van der Waals surface area contributed by atoms with Crippen molar-refractivity contribution in [3.63, 3.8) is 0 Å². The standard InChI is InChI=1S/C33H28F2N8O5/c1-22(33(44,19-40-21-36-20-37-40)30-12-6-26(34)15-31(30)35)41-18-25-14-29(11-13-32(25)38-41)39(16-23-2-7-27(8-3-23)42(45)46)17-24-4-9-28(10-5-24)43(47)48/h2-15,18,20-22,44H,16-17,19H2,1H3/t22-,33-/m1/s1. The summed E-state index contributed by atoms with van der Waals surface area (Å²) in [7, 11) is 0.